The predicted octanol–water partition coefficient (Wildman–Crippen LogP) is 1.97. The van der Waals surface area contributed by atoms with Gasteiger partial charge in [0.05, 0.1) is 18.0 Å². The Morgan fingerprint density at radius 1 is 1.33 bits per heavy atom. The number of aromatic nitrogens is 3. The Kier molecular flexibility index (Phi) is 2.70. The van der Waals surface area contributed by atoms with Crippen LogP contribution in [0.15, 0.2) is 30.5 Å². The van der Waals surface area contributed by atoms with Crippen LogP contribution in [0.25, 0.3) is 5.69 Å². The van der Waals surface area contributed by atoms with Crippen LogP contribution in [0, 0.1) is 0 Å². The molecule has 0 saturated heterocycles. The van der Waals surface area contributed by atoms with E-state index in [2.05, 4.69) is 10.3 Å². The fourth-order valence-corrected chi connectivity index (χ4v) is 1.31. The molecule has 0 saturated carbocycles. The van der Waals surface area contributed by atoms with Gasteiger partial charge in [-0.15, -0.1) is 5.10 Å². The molecule has 1 unspecified atom stereocenters. The van der Waals surface area contributed by atoms with Crippen LogP contribution >= 0.6 is 11.6 Å². The van der Waals surface area contributed by atoms with Crippen molar-refractivity contribution in [1.29, 1.82) is 0 Å². The number of rotatable bonds is 2. The molecule has 0 aliphatic heterocycles. The Morgan fingerprint density at radius 3 is 2.53 bits per heavy atom. The lowest BCUT2D eigenvalue weighted by Crippen LogP contribution is -1.93. The molecule has 2 aromatic rings. The van der Waals surface area contributed by atoms with Crippen LogP contribution in [-0.2, 0) is 0 Å². The van der Waals surface area contributed by atoms with Crippen LogP contribution in [0.5, 0.6) is 0 Å². The standard InChI is InChI=1S/C10H10ClN3O/c1-7(15)10-6-14(13-12-10)9-4-2-8(11)3-5-9/h2-7,15H,1H3. The highest BCUT2D eigenvalue weighted by atomic mass is 35.5. The van der Waals surface area contributed by atoms with E-state index < -0.39 is 6.10 Å². The summed E-state index contributed by atoms with van der Waals surface area (Å²) in [6.07, 6.45) is 1.08. The molecule has 78 valence electrons. The predicted molar refractivity (Wildman–Crippen MR) is 57.0 cm³/mol. The molecular formula is C10H10ClN3O. The lowest BCUT2D eigenvalue weighted by atomic mass is 10.3. The smallest absolute Gasteiger partial charge is 0.111 e. The van der Waals surface area contributed by atoms with E-state index in [0.717, 1.165) is 5.69 Å². The second kappa shape index (κ2) is 4.00. The molecule has 1 heterocycles. The lowest BCUT2D eigenvalue weighted by molar-refractivity contribution is 0.194. The van der Waals surface area contributed by atoms with E-state index >= 15 is 0 Å². The maximum absolute atomic E-state index is 9.29. The minimum atomic E-state index is -0.606. The maximum atomic E-state index is 9.29. The van der Waals surface area contributed by atoms with E-state index in [1.807, 2.05) is 12.1 Å². The molecule has 1 N–H and O–H groups in total. The summed E-state index contributed by atoms with van der Waals surface area (Å²) in [6, 6.07) is 7.23. The summed E-state index contributed by atoms with van der Waals surface area (Å²) in [4.78, 5) is 0. The van der Waals surface area contributed by atoms with Crippen molar-refractivity contribution in [3.05, 3.63) is 41.2 Å². The van der Waals surface area contributed by atoms with Crippen molar-refractivity contribution in [3.63, 3.8) is 0 Å². The van der Waals surface area contributed by atoms with E-state index in [1.54, 1.807) is 29.9 Å². The Balaban J connectivity index is 2.33. The number of benzene rings is 1. The highest BCUT2D eigenvalue weighted by Gasteiger charge is 2.06. The summed E-state index contributed by atoms with van der Waals surface area (Å²) in [5, 5.41) is 17.7. The average Bonchev–Trinajstić information content (AvgIpc) is 2.68. The average molecular weight is 224 g/mol. The molecular weight excluding hydrogens is 214 g/mol. The van der Waals surface area contributed by atoms with Crippen molar-refractivity contribution in [2.75, 3.05) is 0 Å². The molecule has 0 fully saturated rings. The van der Waals surface area contributed by atoms with E-state index in [4.69, 9.17) is 11.6 Å². The van der Waals surface area contributed by atoms with E-state index in [-0.39, 0.29) is 0 Å². The van der Waals surface area contributed by atoms with Crippen molar-refractivity contribution in [3.8, 4) is 5.69 Å². The normalized spacial score (nSPS) is 12.7. The van der Waals surface area contributed by atoms with Gasteiger partial charge in [0.15, 0.2) is 0 Å². The molecule has 4 nitrogen and oxygen atoms in total. The van der Waals surface area contributed by atoms with Crippen molar-refractivity contribution >= 4 is 11.6 Å². The van der Waals surface area contributed by atoms with Gasteiger partial charge in [-0.05, 0) is 31.2 Å². The van der Waals surface area contributed by atoms with Crippen molar-refractivity contribution in [2.45, 2.75) is 13.0 Å². The van der Waals surface area contributed by atoms with E-state index in [0.29, 0.717) is 10.7 Å². The van der Waals surface area contributed by atoms with Crippen LogP contribution < -0.4 is 0 Å². The Labute approximate surface area is 92.1 Å². The van der Waals surface area contributed by atoms with Crippen molar-refractivity contribution in [2.24, 2.45) is 0 Å². The van der Waals surface area contributed by atoms with Gasteiger partial charge in [-0.3, -0.25) is 0 Å². The van der Waals surface area contributed by atoms with Gasteiger partial charge in [0, 0.05) is 5.02 Å². The van der Waals surface area contributed by atoms with Crippen molar-refractivity contribution < 1.29 is 5.11 Å². The van der Waals surface area contributed by atoms with Crippen molar-refractivity contribution in [1.82, 2.24) is 15.0 Å². The number of hydrogen-bond donors (Lipinski definition) is 1. The number of aliphatic hydroxyl groups excluding tert-OH is 1. The molecule has 1 aromatic heterocycles. The molecule has 0 amide bonds. The summed E-state index contributed by atoms with van der Waals surface area (Å²) >= 11 is 5.77. The monoisotopic (exact) mass is 223 g/mol. The summed E-state index contributed by atoms with van der Waals surface area (Å²) in [5.74, 6) is 0. The Hall–Kier alpha value is -1.39. The first kappa shape index (κ1) is 10.1. The molecule has 0 aliphatic carbocycles. The number of hydrogen-bond acceptors (Lipinski definition) is 3. The summed E-state index contributed by atoms with van der Waals surface area (Å²) < 4.78 is 1.60. The number of halogens is 1. The largest absolute Gasteiger partial charge is 0.387 e. The van der Waals surface area contributed by atoms with Crippen LogP contribution in [0.1, 0.15) is 18.7 Å². The van der Waals surface area contributed by atoms with Gasteiger partial charge in [-0.1, -0.05) is 16.8 Å². The molecule has 0 bridgehead atoms. The number of nitrogens with zero attached hydrogens (tertiary/aromatic N) is 3. The second-order valence-corrected chi connectivity index (χ2v) is 3.68. The van der Waals surface area contributed by atoms with Gasteiger partial charge >= 0.3 is 0 Å². The fourth-order valence-electron chi connectivity index (χ4n) is 1.19. The third-order valence-electron chi connectivity index (χ3n) is 2.03. The zero-order valence-corrected chi connectivity index (χ0v) is 8.89. The summed E-state index contributed by atoms with van der Waals surface area (Å²) in [6.45, 7) is 1.65. The highest BCUT2D eigenvalue weighted by Crippen LogP contribution is 2.14. The minimum Gasteiger partial charge on any atom is -0.387 e. The van der Waals surface area contributed by atoms with Gasteiger partial charge in [-0.2, -0.15) is 0 Å². The first-order valence-electron chi connectivity index (χ1n) is 4.53. The van der Waals surface area contributed by atoms with Gasteiger partial charge in [0.1, 0.15) is 5.69 Å². The van der Waals surface area contributed by atoms with E-state index in [9.17, 15) is 5.11 Å². The molecule has 0 spiro atoms. The first-order valence-corrected chi connectivity index (χ1v) is 4.91. The fraction of sp³-hybridized carbons (Fsp3) is 0.200. The van der Waals surface area contributed by atoms with Gasteiger partial charge < -0.3 is 5.11 Å². The SMILES string of the molecule is CC(O)c1cn(-c2ccc(Cl)cc2)nn1. The quantitative estimate of drug-likeness (QED) is 0.847. The summed E-state index contributed by atoms with van der Waals surface area (Å²) in [7, 11) is 0. The molecule has 15 heavy (non-hydrogen) atoms. The van der Waals surface area contributed by atoms with Crippen LogP contribution in [0.4, 0.5) is 0 Å². The van der Waals surface area contributed by atoms with E-state index in [1.165, 1.54) is 0 Å². The van der Waals surface area contributed by atoms with Gasteiger partial charge in [-0.25, -0.2) is 4.68 Å². The molecule has 1 atom stereocenters. The topological polar surface area (TPSA) is 50.9 Å². The Bertz CT molecular complexity index is 450. The number of aliphatic hydroxyl groups is 1. The first-order chi connectivity index (χ1) is 7.16. The third kappa shape index (κ3) is 2.16. The molecule has 5 heteroatoms. The highest BCUT2D eigenvalue weighted by molar-refractivity contribution is 6.30. The Morgan fingerprint density at radius 2 is 2.00 bits per heavy atom. The van der Waals surface area contributed by atoms with Crippen LogP contribution in [0.2, 0.25) is 5.02 Å². The molecule has 0 radical (unpaired) electrons. The van der Waals surface area contributed by atoms with Crippen LogP contribution in [-0.4, -0.2) is 20.1 Å². The zero-order chi connectivity index (χ0) is 10.8. The molecule has 2 rings (SSSR count). The second-order valence-electron chi connectivity index (χ2n) is 3.24. The zero-order valence-electron chi connectivity index (χ0n) is 8.13. The summed E-state index contributed by atoms with van der Waals surface area (Å²) in [5.41, 5.74) is 1.41. The van der Waals surface area contributed by atoms with Crippen LogP contribution in [0.3, 0.4) is 0 Å². The van der Waals surface area contributed by atoms with Gasteiger partial charge in [0.2, 0.25) is 0 Å². The minimum absolute atomic E-state index is 0.546. The molecule has 1 aromatic carbocycles. The van der Waals surface area contributed by atoms with Gasteiger partial charge in [0.25, 0.3) is 0 Å². The lowest BCUT2D eigenvalue weighted by Gasteiger charge is -1.99. The maximum Gasteiger partial charge on any atom is 0.111 e. The molecule has 0 aliphatic rings. The third-order valence-corrected chi connectivity index (χ3v) is 2.28.